The van der Waals surface area contributed by atoms with Gasteiger partial charge in [-0.15, -0.1) is 0 Å². The van der Waals surface area contributed by atoms with Gasteiger partial charge in [0.1, 0.15) is 5.75 Å². The largest absolute Gasteiger partial charge is 0.492 e. The first kappa shape index (κ1) is 16.3. The van der Waals surface area contributed by atoms with Gasteiger partial charge < -0.3 is 20.5 Å². The number of nitrogens with one attached hydrogen (secondary N) is 1. The number of carbonyl (C=O) groups is 1. The Morgan fingerprint density at radius 2 is 2.10 bits per heavy atom. The van der Waals surface area contributed by atoms with Gasteiger partial charge in [0.15, 0.2) is 0 Å². The quantitative estimate of drug-likeness (QED) is 0.750. The molecule has 0 aromatic heterocycles. The lowest BCUT2D eigenvalue weighted by atomic mass is 10.0. The van der Waals surface area contributed by atoms with E-state index in [1.807, 2.05) is 20.8 Å². The van der Waals surface area contributed by atoms with Crippen LogP contribution in [0.15, 0.2) is 18.2 Å². The molecule has 1 amide bonds. The van der Waals surface area contributed by atoms with Gasteiger partial charge in [-0.1, -0.05) is 13.8 Å². The summed E-state index contributed by atoms with van der Waals surface area (Å²) in [5.74, 6) is 0.732. The molecule has 0 fully saturated rings. The molecule has 5 heteroatoms. The third-order valence-electron chi connectivity index (χ3n) is 3.04. The van der Waals surface area contributed by atoms with Crippen molar-refractivity contribution in [2.24, 2.45) is 5.92 Å². The third-order valence-corrected chi connectivity index (χ3v) is 3.04. The normalized spacial score (nSPS) is 12.2. The third kappa shape index (κ3) is 4.42. The highest BCUT2D eigenvalue weighted by Gasteiger charge is 2.17. The molecular weight excluding hydrogens is 256 g/mol. The second-order valence-corrected chi connectivity index (χ2v) is 4.96. The predicted molar refractivity (Wildman–Crippen MR) is 80.0 cm³/mol. The van der Waals surface area contributed by atoms with E-state index >= 15 is 0 Å². The molecule has 0 radical (unpaired) electrons. The number of hydrogen-bond acceptors (Lipinski definition) is 4. The van der Waals surface area contributed by atoms with Gasteiger partial charge >= 0.3 is 0 Å². The summed E-state index contributed by atoms with van der Waals surface area (Å²) in [5.41, 5.74) is 6.85. The highest BCUT2D eigenvalue weighted by Crippen LogP contribution is 2.22. The van der Waals surface area contributed by atoms with E-state index in [1.54, 1.807) is 25.3 Å². The summed E-state index contributed by atoms with van der Waals surface area (Å²) in [6, 6.07) is 5.03. The van der Waals surface area contributed by atoms with Crippen LogP contribution in [0.25, 0.3) is 0 Å². The summed E-state index contributed by atoms with van der Waals surface area (Å²) in [6.45, 7) is 6.99. The number of ether oxygens (including phenoxy) is 2. The molecule has 0 aliphatic carbocycles. The lowest BCUT2D eigenvalue weighted by molar-refractivity contribution is 0.0866. The highest BCUT2D eigenvalue weighted by atomic mass is 16.5. The van der Waals surface area contributed by atoms with Crippen LogP contribution in [-0.4, -0.2) is 32.3 Å². The van der Waals surface area contributed by atoms with Gasteiger partial charge in [0.25, 0.3) is 5.91 Å². The zero-order chi connectivity index (χ0) is 15.1. The van der Waals surface area contributed by atoms with Crippen LogP contribution in [0, 0.1) is 5.92 Å². The number of rotatable bonds is 7. The lowest BCUT2D eigenvalue weighted by Crippen LogP contribution is -2.41. The Kier molecular flexibility index (Phi) is 6.31. The molecule has 0 heterocycles. The van der Waals surface area contributed by atoms with E-state index in [9.17, 15) is 4.79 Å². The van der Waals surface area contributed by atoms with E-state index in [-0.39, 0.29) is 11.9 Å². The summed E-state index contributed by atoms with van der Waals surface area (Å²) in [4.78, 5) is 12.2. The van der Waals surface area contributed by atoms with Crippen molar-refractivity contribution in [2.75, 3.05) is 26.1 Å². The van der Waals surface area contributed by atoms with Crippen LogP contribution in [0.3, 0.4) is 0 Å². The average molecular weight is 280 g/mol. The van der Waals surface area contributed by atoms with Crippen molar-refractivity contribution >= 4 is 11.6 Å². The molecule has 1 atom stereocenters. The SMILES string of the molecule is CCOc1ccc(C(=O)NC(COC)C(C)C)cc1N. The molecule has 0 saturated carbocycles. The molecule has 20 heavy (non-hydrogen) atoms. The topological polar surface area (TPSA) is 73.6 Å². The van der Waals surface area contributed by atoms with Crippen molar-refractivity contribution in [1.82, 2.24) is 5.32 Å². The van der Waals surface area contributed by atoms with Gasteiger partial charge in [0.2, 0.25) is 0 Å². The molecule has 0 aliphatic heterocycles. The summed E-state index contributed by atoms with van der Waals surface area (Å²) in [7, 11) is 1.62. The Morgan fingerprint density at radius 1 is 1.40 bits per heavy atom. The Labute approximate surface area is 120 Å². The van der Waals surface area contributed by atoms with Crippen molar-refractivity contribution in [3.63, 3.8) is 0 Å². The number of benzene rings is 1. The summed E-state index contributed by atoms with van der Waals surface area (Å²) < 4.78 is 10.5. The molecule has 0 aliphatic rings. The Balaban J connectivity index is 2.79. The van der Waals surface area contributed by atoms with Crippen LogP contribution in [0.2, 0.25) is 0 Å². The number of nitrogen functional groups attached to an aromatic ring is 1. The second-order valence-electron chi connectivity index (χ2n) is 4.96. The minimum atomic E-state index is -0.157. The van der Waals surface area contributed by atoms with Crippen LogP contribution < -0.4 is 15.8 Å². The van der Waals surface area contributed by atoms with Crippen molar-refractivity contribution in [1.29, 1.82) is 0 Å². The van der Waals surface area contributed by atoms with Crippen LogP contribution in [-0.2, 0) is 4.74 Å². The van der Waals surface area contributed by atoms with Gasteiger partial charge in [0, 0.05) is 12.7 Å². The molecule has 112 valence electrons. The minimum Gasteiger partial charge on any atom is -0.492 e. The van der Waals surface area contributed by atoms with Gasteiger partial charge in [-0.25, -0.2) is 0 Å². The molecular formula is C15H24N2O3. The first-order chi connectivity index (χ1) is 9.49. The number of carbonyl (C=O) groups excluding carboxylic acids is 1. The van der Waals surface area contributed by atoms with Gasteiger partial charge in [-0.05, 0) is 31.0 Å². The van der Waals surface area contributed by atoms with E-state index < -0.39 is 0 Å². The molecule has 1 aromatic rings. The zero-order valence-electron chi connectivity index (χ0n) is 12.6. The number of hydrogen-bond donors (Lipinski definition) is 2. The predicted octanol–water partition coefficient (Wildman–Crippen LogP) is 2.07. The van der Waals surface area contributed by atoms with E-state index in [4.69, 9.17) is 15.2 Å². The Morgan fingerprint density at radius 3 is 2.60 bits per heavy atom. The van der Waals surface area contributed by atoms with Gasteiger partial charge in [0.05, 0.1) is 24.9 Å². The number of anilines is 1. The van der Waals surface area contributed by atoms with Crippen molar-refractivity contribution in [3.8, 4) is 5.75 Å². The molecule has 5 nitrogen and oxygen atoms in total. The fourth-order valence-corrected chi connectivity index (χ4v) is 1.81. The first-order valence-corrected chi connectivity index (χ1v) is 6.81. The van der Waals surface area contributed by atoms with E-state index in [1.165, 1.54) is 0 Å². The summed E-state index contributed by atoms with van der Waals surface area (Å²) in [5, 5.41) is 2.95. The lowest BCUT2D eigenvalue weighted by Gasteiger charge is -2.21. The monoisotopic (exact) mass is 280 g/mol. The fraction of sp³-hybridized carbons (Fsp3) is 0.533. The van der Waals surface area contributed by atoms with E-state index in [0.29, 0.717) is 36.1 Å². The van der Waals surface area contributed by atoms with E-state index in [2.05, 4.69) is 5.32 Å². The molecule has 0 saturated heterocycles. The summed E-state index contributed by atoms with van der Waals surface area (Å²) >= 11 is 0. The molecule has 1 unspecified atom stereocenters. The van der Waals surface area contributed by atoms with Crippen LogP contribution in [0.4, 0.5) is 5.69 Å². The van der Waals surface area contributed by atoms with Gasteiger partial charge in [-0.3, -0.25) is 4.79 Å². The van der Waals surface area contributed by atoms with Crippen LogP contribution in [0.1, 0.15) is 31.1 Å². The average Bonchev–Trinajstić information content (AvgIpc) is 2.40. The van der Waals surface area contributed by atoms with Crippen molar-refractivity contribution in [2.45, 2.75) is 26.8 Å². The zero-order valence-corrected chi connectivity index (χ0v) is 12.6. The standard InChI is InChI=1S/C15H24N2O3/c1-5-20-14-7-6-11(8-12(14)16)15(18)17-13(9-19-4)10(2)3/h6-8,10,13H,5,9,16H2,1-4H3,(H,17,18). The van der Waals surface area contributed by atoms with Crippen LogP contribution in [0.5, 0.6) is 5.75 Å². The number of amides is 1. The maximum atomic E-state index is 12.2. The molecule has 3 N–H and O–H groups in total. The molecule has 1 aromatic carbocycles. The Hall–Kier alpha value is -1.75. The highest BCUT2D eigenvalue weighted by molar-refractivity contribution is 5.95. The smallest absolute Gasteiger partial charge is 0.251 e. The first-order valence-electron chi connectivity index (χ1n) is 6.81. The molecule has 0 bridgehead atoms. The molecule has 0 spiro atoms. The minimum absolute atomic E-state index is 0.0275. The number of nitrogens with two attached hydrogens (primary N) is 1. The van der Waals surface area contributed by atoms with E-state index in [0.717, 1.165) is 0 Å². The van der Waals surface area contributed by atoms with Crippen LogP contribution >= 0.6 is 0 Å². The Bertz CT molecular complexity index is 447. The van der Waals surface area contributed by atoms with Crippen molar-refractivity contribution in [3.05, 3.63) is 23.8 Å². The van der Waals surface area contributed by atoms with Gasteiger partial charge in [-0.2, -0.15) is 0 Å². The number of methoxy groups -OCH3 is 1. The maximum Gasteiger partial charge on any atom is 0.251 e. The summed E-state index contributed by atoms with van der Waals surface area (Å²) in [6.07, 6.45) is 0. The maximum absolute atomic E-state index is 12.2. The van der Waals surface area contributed by atoms with Crippen molar-refractivity contribution < 1.29 is 14.3 Å². The molecule has 1 rings (SSSR count). The second kappa shape index (κ2) is 7.75. The fourth-order valence-electron chi connectivity index (χ4n) is 1.81.